The van der Waals surface area contributed by atoms with Crippen LogP contribution in [0.15, 0.2) is 42.7 Å². The maximum Gasteiger partial charge on any atom is 0.412 e. The smallest absolute Gasteiger partial charge is 0.412 e. The maximum atomic E-state index is 11.0. The molecule has 0 saturated heterocycles. The molecule has 3 heteroatoms. The summed E-state index contributed by atoms with van der Waals surface area (Å²) in [5.41, 5.74) is 1.05. The molecule has 74 valence electrons. The fourth-order valence-electron chi connectivity index (χ4n) is 0.942. The molecule has 0 spiro atoms. The molecule has 1 amide bonds. The molecule has 1 rings (SSSR count). The zero-order valence-electron chi connectivity index (χ0n) is 8.07. The minimum Gasteiger partial charge on any atom is -0.419 e. The summed E-state index contributed by atoms with van der Waals surface area (Å²) in [5, 5.41) is 2.62. The summed E-state index contributed by atoms with van der Waals surface area (Å²) in [6.45, 7) is 2.27. The summed E-state index contributed by atoms with van der Waals surface area (Å²) in [6.07, 6.45) is 2.56. The molecule has 1 N–H and O–H groups in total. The van der Waals surface area contributed by atoms with Crippen molar-refractivity contribution in [3.8, 4) is 0 Å². The van der Waals surface area contributed by atoms with Gasteiger partial charge in [0.2, 0.25) is 0 Å². The second-order valence-electron chi connectivity index (χ2n) is 2.71. The van der Waals surface area contributed by atoms with Crippen molar-refractivity contribution in [1.29, 1.82) is 0 Å². The molecule has 0 heterocycles. The van der Waals surface area contributed by atoms with Crippen LogP contribution in [0.1, 0.15) is 12.5 Å². The van der Waals surface area contributed by atoms with Crippen LogP contribution >= 0.6 is 0 Å². The lowest BCUT2D eigenvalue weighted by Crippen LogP contribution is -2.21. The summed E-state index contributed by atoms with van der Waals surface area (Å²) in [4.78, 5) is 11.0. The molecule has 1 aromatic rings. The molecule has 0 aliphatic heterocycles. The average Bonchev–Trinajstić information content (AvgIpc) is 2.25. The number of allylic oxidation sites excluding steroid dienone is 1. The number of carbonyl (C=O) groups excluding carboxylic acids is 1. The predicted molar refractivity (Wildman–Crippen MR) is 54.6 cm³/mol. The minimum atomic E-state index is -0.438. The zero-order valence-corrected chi connectivity index (χ0v) is 8.07. The molecule has 0 atom stereocenters. The number of benzene rings is 1. The Labute approximate surface area is 83.4 Å². The monoisotopic (exact) mass is 191 g/mol. The summed E-state index contributed by atoms with van der Waals surface area (Å²) in [7, 11) is 0. The van der Waals surface area contributed by atoms with E-state index in [2.05, 4.69) is 10.1 Å². The van der Waals surface area contributed by atoms with Crippen molar-refractivity contribution >= 4 is 6.09 Å². The first-order chi connectivity index (χ1) is 6.83. The number of amides is 1. The summed E-state index contributed by atoms with van der Waals surface area (Å²) >= 11 is 0. The molecule has 0 unspecified atom stereocenters. The fourth-order valence-corrected chi connectivity index (χ4v) is 0.942. The van der Waals surface area contributed by atoms with Crippen LogP contribution in [0.5, 0.6) is 0 Å². The number of alkyl carbamates (subject to hydrolysis) is 1. The Balaban J connectivity index is 2.31. The van der Waals surface area contributed by atoms with Crippen LogP contribution in [0.4, 0.5) is 4.79 Å². The van der Waals surface area contributed by atoms with E-state index in [4.69, 9.17) is 0 Å². The third-order valence-corrected chi connectivity index (χ3v) is 1.59. The highest BCUT2D eigenvalue weighted by Crippen LogP contribution is 1.97. The minimum absolute atomic E-state index is 0.438. The molecule has 0 aromatic heterocycles. The molecule has 1 aromatic carbocycles. The van der Waals surface area contributed by atoms with E-state index in [1.165, 1.54) is 6.26 Å². The average molecular weight is 191 g/mol. The summed E-state index contributed by atoms with van der Waals surface area (Å²) < 4.78 is 4.68. The van der Waals surface area contributed by atoms with E-state index >= 15 is 0 Å². The molecule has 0 saturated carbocycles. The number of rotatable bonds is 3. The Kier molecular flexibility index (Phi) is 4.27. The van der Waals surface area contributed by atoms with Crippen LogP contribution in [-0.2, 0) is 11.3 Å². The van der Waals surface area contributed by atoms with E-state index in [-0.39, 0.29) is 0 Å². The van der Waals surface area contributed by atoms with Gasteiger partial charge in [0.15, 0.2) is 0 Å². The van der Waals surface area contributed by atoms with E-state index in [1.807, 2.05) is 30.3 Å². The van der Waals surface area contributed by atoms with E-state index in [9.17, 15) is 4.79 Å². The van der Waals surface area contributed by atoms with Crippen molar-refractivity contribution < 1.29 is 9.53 Å². The van der Waals surface area contributed by atoms with E-state index in [0.717, 1.165) is 5.56 Å². The normalized spacial score (nSPS) is 10.1. The molecule has 0 fully saturated rings. The van der Waals surface area contributed by atoms with Crippen LogP contribution in [0, 0.1) is 0 Å². The highest BCUT2D eigenvalue weighted by Gasteiger charge is 1.98. The topological polar surface area (TPSA) is 38.3 Å². The number of hydrogen-bond acceptors (Lipinski definition) is 2. The Hall–Kier alpha value is -1.77. The zero-order chi connectivity index (χ0) is 10.2. The van der Waals surface area contributed by atoms with Crippen LogP contribution in [0.3, 0.4) is 0 Å². The van der Waals surface area contributed by atoms with Crippen molar-refractivity contribution in [2.75, 3.05) is 0 Å². The molecule has 0 radical (unpaired) electrons. The summed E-state index contributed by atoms with van der Waals surface area (Å²) in [6, 6.07) is 9.66. The maximum absolute atomic E-state index is 11.0. The molecule has 0 aliphatic carbocycles. The van der Waals surface area contributed by atoms with Gasteiger partial charge in [-0.25, -0.2) is 4.79 Å². The Morgan fingerprint density at radius 1 is 1.43 bits per heavy atom. The molecule has 0 aliphatic rings. The first-order valence-corrected chi connectivity index (χ1v) is 4.42. The van der Waals surface area contributed by atoms with Gasteiger partial charge in [0.05, 0.1) is 6.26 Å². The van der Waals surface area contributed by atoms with Crippen molar-refractivity contribution in [2.24, 2.45) is 0 Å². The SMILES string of the molecule is C/C=C/OC(=O)NCc1ccccc1. The van der Waals surface area contributed by atoms with Gasteiger partial charge in [-0.05, 0) is 12.5 Å². The second-order valence-corrected chi connectivity index (χ2v) is 2.71. The van der Waals surface area contributed by atoms with Crippen molar-refractivity contribution in [2.45, 2.75) is 13.5 Å². The van der Waals surface area contributed by atoms with Gasteiger partial charge in [-0.1, -0.05) is 36.4 Å². The molecular formula is C11H13NO2. The van der Waals surface area contributed by atoms with E-state index < -0.39 is 6.09 Å². The predicted octanol–water partition coefficient (Wildman–Crippen LogP) is 2.45. The summed E-state index contributed by atoms with van der Waals surface area (Å²) in [5.74, 6) is 0. The first-order valence-electron chi connectivity index (χ1n) is 4.42. The third-order valence-electron chi connectivity index (χ3n) is 1.59. The van der Waals surface area contributed by atoms with Gasteiger partial charge in [-0.3, -0.25) is 0 Å². The standard InChI is InChI=1S/C11H13NO2/c1-2-8-14-11(13)12-9-10-6-4-3-5-7-10/h2-8H,9H2,1H3,(H,12,13)/b8-2+. The van der Waals surface area contributed by atoms with Gasteiger partial charge >= 0.3 is 6.09 Å². The highest BCUT2D eigenvalue weighted by atomic mass is 16.5. The van der Waals surface area contributed by atoms with Gasteiger partial charge in [0.25, 0.3) is 0 Å². The fraction of sp³-hybridized carbons (Fsp3) is 0.182. The van der Waals surface area contributed by atoms with Crippen molar-refractivity contribution in [1.82, 2.24) is 5.32 Å². The van der Waals surface area contributed by atoms with E-state index in [0.29, 0.717) is 6.54 Å². The van der Waals surface area contributed by atoms with Gasteiger partial charge in [0.1, 0.15) is 0 Å². The Morgan fingerprint density at radius 2 is 2.14 bits per heavy atom. The number of ether oxygens (including phenoxy) is 1. The van der Waals surface area contributed by atoms with Crippen LogP contribution in [-0.4, -0.2) is 6.09 Å². The van der Waals surface area contributed by atoms with Gasteiger partial charge in [-0.2, -0.15) is 0 Å². The second kappa shape index (κ2) is 5.80. The van der Waals surface area contributed by atoms with E-state index in [1.54, 1.807) is 13.0 Å². The Morgan fingerprint density at radius 3 is 2.79 bits per heavy atom. The van der Waals surface area contributed by atoms with Crippen molar-refractivity contribution in [3.63, 3.8) is 0 Å². The third kappa shape index (κ3) is 3.76. The van der Waals surface area contributed by atoms with Gasteiger partial charge < -0.3 is 10.1 Å². The van der Waals surface area contributed by atoms with Gasteiger partial charge in [-0.15, -0.1) is 0 Å². The first kappa shape index (κ1) is 10.3. The number of hydrogen-bond donors (Lipinski definition) is 1. The lowest BCUT2D eigenvalue weighted by Gasteiger charge is -2.02. The quantitative estimate of drug-likeness (QED) is 0.745. The molecule has 3 nitrogen and oxygen atoms in total. The number of nitrogens with one attached hydrogen (secondary N) is 1. The lowest BCUT2D eigenvalue weighted by atomic mass is 10.2. The van der Waals surface area contributed by atoms with Crippen molar-refractivity contribution in [3.05, 3.63) is 48.2 Å². The number of carbonyl (C=O) groups is 1. The lowest BCUT2D eigenvalue weighted by molar-refractivity contribution is 0.185. The molecular weight excluding hydrogens is 178 g/mol. The molecule has 14 heavy (non-hydrogen) atoms. The molecule has 0 bridgehead atoms. The van der Waals surface area contributed by atoms with Gasteiger partial charge in [0, 0.05) is 6.54 Å². The van der Waals surface area contributed by atoms with Crippen LogP contribution < -0.4 is 5.32 Å². The largest absolute Gasteiger partial charge is 0.419 e. The van der Waals surface area contributed by atoms with Crippen LogP contribution in [0.25, 0.3) is 0 Å². The Bertz CT molecular complexity index is 306. The van der Waals surface area contributed by atoms with Crippen LogP contribution in [0.2, 0.25) is 0 Å². The highest BCUT2D eigenvalue weighted by molar-refractivity contribution is 5.67.